The van der Waals surface area contributed by atoms with Gasteiger partial charge in [0.05, 0.1) is 24.5 Å². The van der Waals surface area contributed by atoms with Crippen LogP contribution in [0.4, 0.5) is 5.69 Å². The summed E-state index contributed by atoms with van der Waals surface area (Å²) in [5.74, 6) is 0.848. The zero-order chi connectivity index (χ0) is 20.1. The summed E-state index contributed by atoms with van der Waals surface area (Å²) in [4.78, 5) is 17.0. The molecular formula is C24H20N2O3. The third-order valence-electron chi connectivity index (χ3n) is 4.51. The summed E-state index contributed by atoms with van der Waals surface area (Å²) in [7, 11) is 1.56. The fourth-order valence-electron chi connectivity index (χ4n) is 3.01. The van der Waals surface area contributed by atoms with Crippen LogP contribution >= 0.6 is 0 Å². The van der Waals surface area contributed by atoms with Crippen molar-refractivity contribution in [2.24, 2.45) is 0 Å². The van der Waals surface area contributed by atoms with Crippen LogP contribution in [-0.4, -0.2) is 18.0 Å². The third kappa shape index (κ3) is 4.35. The first-order chi connectivity index (χ1) is 14.2. The number of ether oxygens (including phenoxy) is 2. The normalized spacial score (nSPS) is 10.5. The number of carbonyl (C=O) groups excluding carboxylic acids is 1. The number of rotatable bonds is 6. The van der Waals surface area contributed by atoms with Crippen LogP contribution in [0.3, 0.4) is 0 Å². The van der Waals surface area contributed by atoms with Crippen molar-refractivity contribution >= 4 is 22.5 Å². The molecule has 4 aromatic rings. The molecule has 0 unspecified atom stereocenters. The summed E-state index contributed by atoms with van der Waals surface area (Å²) in [5.41, 5.74) is 3.05. The van der Waals surface area contributed by atoms with Crippen molar-refractivity contribution in [3.05, 3.63) is 96.2 Å². The van der Waals surface area contributed by atoms with E-state index in [1.807, 2.05) is 60.7 Å². The second kappa shape index (κ2) is 8.44. The van der Waals surface area contributed by atoms with Gasteiger partial charge in [-0.2, -0.15) is 0 Å². The van der Waals surface area contributed by atoms with E-state index in [1.54, 1.807) is 31.5 Å². The predicted molar refractivity (Wildman–Crippen MR) is 113 cm³/mol. The number of para-hydroxylation sites is 1. The summed E-state index contributed by atoms with van der Waals surface area (Å²) in [5, 5.41) is 3.85. The third-order valence-corrected chi connectivity index (χ3v) is 4.51. The van der Waals surface area contributed by atoms with Gasteiger partial charge in [0.15, 0.2) is 11.5 Å². The maximum absolute atomic E-state index is 12.7. The number of amides is 1. The largest absolute Gasteiger partial charge is 0.493 e. The van der Waals surface area contributed by atoms with E-state index in [0.29, 0.717) is 29.4 Å². The molecule has 0 spiro atoms. The number of anilines is 1. The first kappa shape index (κ1) is 18.5. The lowest BCUT2D eigenvalue weighted by Gasteiger charge is -2.12. The second-order valence-electron chi connectivity index (χ2n) is 6.51. The van der Waals surface area contributed by atoms with Crippen molar-refractivity contribution in [3.8, 4) is 11.5 Å². The quantitative estimate of drug-likeness (QED) is 0.504. The molecule has 4 rings (SSSR count). The monoisotopic (exact) mass is 384 g/mol. The molecule has 0 atom stereocenters. The highest BCUT2D eigenvalue weighted by atomic mass is 16.5. The highest BCUT2D eigenvalue weighted by Gasteiger charge is 2.12. The minimum atomic E-state index is -0.241. The number of nitrogens with one attached hydrogen (secondary N) is 1. The highest BCUT2D eigenvalue weighted by molar-refractivity contribution is 6.05. The van der Waals surface area contributed by atoms with Gasteiger partial charge in [0, 0.05) is 10.9 Å². The van der Waals surface area contributed by atoms with Crippen LogP contribution < -0.4 is 14.8 Å². The standard InChI is InChI=1S/C24H20N2O3/c1-28-23-14-19(11-12-22(23)29-16-17-7-3-2-4-8-17)24(27)26-20-13-18-9-5-6-10-21(18)25-15-20/h2-15H,16H2,1H3,(H,26,27). The first-order valence-corrected chi connectivity index (χ1v) is 9.24. The van der Waals surface area contributed by atoms with Crippen LogP contribution in [0.5, 0.6) is 11.5 Å². The Kier molecular flexibility index (Phi) is 5.38. The maximum Gasteiger partial charge on any atom is 0.255 e. The van der Waals surface area contributed by atoms with E-state index in [1.165, 1.54) is 0 Å². The van der Waals surface area contributed by atoms with E-state index in [0.717, 1.165) is 16.5 Å². The zero-order valence-corrected chi connectivity index (χ0v) is 16.0. The van der Waals surface area contributed by atoms with Gasteiger partial charge in [-0.3, -0.25) is 9.78 Å². The average molecular weight is 384 g/mol. The van der Waals surface area contributed by atoms with Crippen molar-refractivity contribution in [3.63, 3.8) is 0 Å². The van der Waals surface area contributed by atoms with Gasteiger partial charge in [0.25, 0.3) is 5.91 Å². The minimum Gasteiger partial charge on any atom is -0.493 e. The summed E-state index contributed by atoms with van der Waals surface area (Å²) < 4.78 is 11.3. The Labute approximate surface area is 168 Å². The molecule has 1 heterocycles. The topological polar surface area (TPSA) is 60.5 Å². The van der Waals surface area contributed by atoms with Crippen LogP contribution in [0.15, 0.2) is 85.1 Å². The van der Waals surface area contributed by atoms with Gasteiger partial charge in [-0.1, -0.05) is 48.5 Å². The smallest absolute Gasteiger partial charge is 0.255 e. The summed E-state index contributed by atoms with van der Waals surface area (Å²) >= 11 is 0. The number of hydrogen-bond donors (Lipinski definition) is 1. The van der Waals surface area contributed by atoms with Crippen LogP contribution in [-0.2, 0) is 6.61 Å². The molecule has 1 N–H and O–H groups in total. The molecule has 29 heavy (non-hydrogen) atoms. The molecule has 0 radical (unpaired) electrons. The van der Waals surface area contributed by atoms with Gasteiger partial charge < -0.3 is 14.8 Å². The van der Waals surface area contributed by atoms with E-state index in [4.69, 9.17) is 9.47 Å². The zero-order valence-electron chi connectivity index (χ0n) is 16.0. The van der Waals surface area contributed by atoms with Crippen LogP contribution in [0.2, 0.25) is 0 Å². The molecule has 0 saturated carbocycles. The number of aromatic nitrogens is 1. The summed E-state index contributed by atoms with van der Waals surface area (Å²) in [6, 6.07) is 24.7. The molecule has 0 saturated heterocycles. The number of pyridine rings is 1. The molecule has 0 aliphatic heterocycles. The fourth-order valence-corrected chi connectivity index (χ4v) is 3.01. The van der Waals surface area contributed by atoms with Crippen molar-refractivity contribution in [1.29, 1.82) is 0 Å². The molecule has 0 aliphatic rings. The van der Waals surface area contributed by atoms with Gasteiger partial charge in [-0.05, 0) is 35.9 Å². The predicted octanol–water partition coefficient (Wildman–Crippen LogP) is 5.07. The van der Waals surface area contributed by atoms with Crippen LogP contribution in [0.25, 0.3) is 10.9 Å². The van der Waals surface area contributed by atoms with Gasteiger partial charge >= 0.3 is 0 Å². The average Bonchev–Trinajstić information content (AvgIpc) is 2.78. The minimum absolute atomic E-state index is 0.241. The Morgan fingerprint density at radius 3 is 2.55 bits per heavy atom. The van der Waals surface area contributed by atoms with Gasteiger partial charge in [0.2, 0.25) is 0 Å². The SMILES string of the molecule is COc1cc(C(=O)Nc2cnc3ccccc3c2)ccc1OCc1ccccc1. The molecule has 0 aliphatic carbocycles. The lowest BCUT2D eigenvalue weighted by molar-refractivity contribution is 0.102. The van der Waals surface area contributed by atoms with E-state index in [2.05, 4.69) is 10.3 Å². The molecule has 0 fully saturated rings. The molecular weight excluding hydrogens is 364 g/mol. The molecule has 0 bridgehead atoms. The first-order valence-electron chi connectivity index (χ1n) is 9.24. The fraction of sp³-hybridized carbons (Fsp3) is 0.0833. The van der Waals surface area contributed by atoms with Crippen LogP contribution in [0.1, 0.15) is 15.9 Å². The molecule has 5 nitrogen and oxygen atoms in total. The number of methoxy groups -OCH3 is 1. The van der Waals surface area contributed by atoms with Crippen molar-refractivity contribution in [2.75, 3.05) is 12.4 Å². The van der Waals surface area contributed by atoms with Crippen molar-refractivity contribution in [2.45, 2.75) is 6.61 Å². The highest BCUT2D eigenvalue weighted by Crippen LogP contribution is 2.29. The Morgan fingerprint density at radius 2 is 1.72 bits per heavy atom. The van der Waals surface area contributed by atoms with Crippen molar-refractivity contribution in [1.82, 2.24) is 4.98 Å². The molecule has 1 amide bonds. The second-order valence-corrected chi connectivity index (χ2v) is 6.51. The van der Waals surface area contributed by atoms with E-state index in [9.17, 15) is 4.79 Å². The lowest BCUT2D eigenvalue weighted by atomic mass is 10.1. The Hall–Kier alpha value is -3.86. The summed E-state index contributed by atoms with van der Waals surface area (Å²) in [6.45, 7) is 0.422. The maximum atomic E-state index is 12.7. The number of fused-ring (bicyclic) bond motifs is 1. The van der Waals surface area contributed by atoms with E-state index >= 15 is 0 Å². The summed E-state index contributed by atoms with van der Waals surface area (Å²) in [6.07, 6.45) is 1.65. The number of benzene rings is 3. The Bertz CT molecular complexity index is 1140. The van der Waals surface area contributed by atoms with Crippen LogP contribution in [0, 0.1) is 0 Å². The molecule has 5 heteroatoms. The number of carbonyl (C=O) groups is 1. The van der Waals surface area contributed by atoms with E-state index in [-0.39, 0.29) is 5.91 Å². The van der Waals surface area contributed by atoms with Gasteiger partial charge in [-0.25, -0.2) is 0 Å². The molecule has 3 aromatic carbocycles. The number of nitrogens with zero attached hydrogens (tertiary/aromatic N) is 1. The van der Waals surface area contributed by atoms with Gasteiger partial charge in [-0.15, -0.1) is 0 Å². The Balaban J connectivity index is 1.49. The number of hydrogen-bond acceptors (Lipinski definition) is 4. The molecule has 1 aromatic heterocycles. The van der Waals surface area contributed by atoms with Crippen molar-refractivity contribution < 1.29 is 14.3 Å². The lowest BCUT2D eigenvalue weighted by Crippen LogP contribution is -2.12. The Morgan fingerprint density at radius 1 is 0.931 bits per heavy atom. The molecule has 144 valence electrons. The van der Waals surface area contributed by atoms with E-state index < -0.39 is 0 Å². The van der Waals surface area contributed by atoms with Gasteiger partial charge in [0.1, 0.15) is 6.61 Å².